The molecule has 2 heterocycles. The molecule has 10 heteroatoms. The van der Waals surface area contributed by atoms with Gasteiger partial charge in [0.1, 0.15) is 11.4 Å². The fourth-order valence-corrected chi connectivity index (χ4v) is 3.18. The van der Waals surface area contributed by atoms with E-state index in [1.165, 1.54) is 0 Å². The Morgan fingerprint density at radius 2 is 1.94 bits per heavy atom. The first-order valence-electron chi connectivity index (χ1n) is 9.84. The van der Waals surface area contributed by atoms with E-state index in [0.29, 0.717) is 33.8 Å². The highest BCUT2D eigenvalue weighted by Crippen LogP contribution is 2.32. The third-order valence-corrected chi connectivity index (χ3v) is 4.82. The quantitative estimate of drug-likeness (QED) is 0.396. The molecule has 0 radical (unpaired) electrons. The normalized spacial score (nSPS) is 11.0. The lowest BCUT2D eigenvalue weighted by Gasteiger charge is -2.13. The highest BCUT2D eigenvalue weighted by molar-refractivity contribution is 6.02. The summed E-state index contributed by atoms with van der Waals surface area (Å²) < 4.78 is 16.0. The topological polar surface area (TPSA) is 138 Å². The zero-order chi connectivity index (χ0) is 22.8. The van der Waals surface area contributed by atoms with Crippen LogP contribution in [0.3, 0.4) is 0 Å². The SMILES string of the molecule is CC(C)n1cc(-c2nc(Nc3ccc(C(N)=O)c(-c4ccccc4N)c3)ncc2F)nn1. The molecule has 0 aliphatic heterocycles. The molecule has 32 heavy (non-hydrogen) atoms. The third-order valence-electron chi connectivity index (χ3n) is 4.82. The number of halogens is 1. The Kier molecular flexibility index (Phi) is 5.50. The first-order valence-corrected chi connectivity index (χ1v) is 9.84. The number of primary amides is 1. The van der Waals surface area contributed by atoms with Crippen LogP contribution in [-0.4, -0.2) is 30.9 Å². The molecular weight excluding hydrogens is 411 g/mol. The molecule has 5 N–H and O–H groups in total. The third kappa shape index (κ3) is 4.10. The van der Waals surface area contributed by atoms with Gasteiger partial charge in [0.15, 0.2) is 5.82 Å². The largest absolute Gasteiger partial charge is 0.398 e. The van der Waals surface area contributed by atoms with Crippen molar-refractivity contribution in [1.82, 2.24) is 25.0 Å². The molecule has 0 saturated heterocycles. The minimum atomic E-state index is -0.617. The van der Waals surface area contributed by atoms with Gasteiger partial charge in [-0.25, -0.2) is 19.0 Å². The maximum absolute atomic E-state index is 14.4. The number of nitrogens with zero attached hydrogens (tertiary/aromatic N) is 5. The Morgan fingerprint density at radius 1 is 1.16 bits per heavy atom. The lowest BCUT2D eigenvalue weighted by atomic mass is 9.97. The Morgan fingerprint density at radius 3 is 2.62 bits per heavy atom. The zero-order valence-corrected chi connectivity index (χ0v) is 17.5. The summed E-state index contributed by atoms with van der Waals surface area (Å²) >= 11 is 0. The van der Waals surface area contributed by atoms with Crippen molar-refractivity contribution in [3.05, 3.63) is 66.2 Å². The molecule has 0 saturated carbocycles. The van der Waals surface area contributed by atoms with Crippen molar-refractivity contribution < 1.29 is 9.18 Å². The Hall–Kier alpha value is -4.34. The number of rotatable bonds is 6. The van der Waals surface area contributed by atoms with Crippen molar-refractivity contribution in [3.63, 3.8) is 0 Å². The lowest BCUT2D eigenvalue weighted by molar-refractivity contribution is 0.100. The molecule has 4 aromatic rings. The molecule has 0 bridgehead atoms. The van der Waals surface area contributed by atoms with Gasteiger partial charge in [-0.1, -0.05) is 23.4 Å². The minimum absolute atomic E-state index is 0.0238. The average Bonchev–Trinajstić information content (AvgIpc) is 3.26. The molecular formula is C22H21FN8O. The van der Waals surface area contributed by atoms with E-state index in [2.05, 4.69) is 25.6 Å². The average molecular weight is 432 g/mol. The number of carbonyl (C=O) groups is 1. The number of para-hydroxylation sites is 1. The molecule has 0 unspecified atom stereocenters. The molecule has 2 aromatic heterocycles. The zero-order valence-electron chi connectivity index (χ0n) is 17.5. The van der Waals surface area contributed by atoms with E-state index in [-0.39, 0.29) is 17.7 Å². The van der Waals surface area contributed by atoms with Crippen molar-refractivity contribution in [1.29, 1.82) is 0 Å². The van der Waals surface area contributed by atoms with Gasteiger partial charge in [0.25, 0.3) is 0 Å². The van der Waals surface area contributed by atoms with Crippen molar-refractivity contribution in [2.75, 3.05) is 11.1 Å². The van der Waals surface area contributed by atoms with E-state index in [1.807, 2.05) is 19.9 Å². The van der Waals surface area contributed by atoms with Crippen LogP contribution >= 0.6 is 0 Å². The van der Waals surface area contributed by atoms with Crippen LogP contribution in [0.2, 0.25) is 0 Å². The van der Waals surface area contributed by atoms with Gasteiger partial charge in [-0.3, -0.25) is 4.79 Å². The second-order valence-electron chi connectivity index (χ2n) is 7.40. The van der Waals surface area contributed by atoms with Crippen LogP contribution in [0.4, 0.5) is 21.7 Å². The van der Waals surface area contributed by atoms with Crippen LogP contribution in [-0.2, 0) is 0 Å². The minimum Gasteiger partial charge on any atom is -0.398 e. The van der Waals surface area contributed by atoms with Crippen molar-refractivity contribution in [2.24, 2.45) is 5.73 Å². The van der Waals surface area contributed by atoms with E-state index in [4.69, 9.17) is 11.5 Å². The monoisotopic (exact) mass is 432 g/mol. The van der Waals surface area contributed by atoms with Crippen molar-refractivity contribution in [2.45, 2.75) is 19.9 Å². The standard InChI is InChI=1S/C22H21FN8O/c1-12(2)31-11-19(29-30-31)20-17(23)10-26-22(28-20)27-13-7-8-15(21(25)32)16(9-13)14-5-3-4-6-18(14)24/h3-12H,24H2,1-2H3,(H2,25,32)(H,26,27,28). The van der Waals surface area contributed by atoms with Gasteiger partial charge in [0.05, 0.1) is 12.4 Å². The number of nitrogens with one attached hydrogen (secondary N) is 1. The van der Waals surface area contributed by atoms with Gasteiger partial charge in [-0.2, -0.15) is 0 Å². The van der Waals surface area contributed by atoms with Gasteiger partial charge in [0.2, 0.25) is 11.9 Å². The molecule has 0 fully saturated rings. The Balaban J connectivity index is 1.71. The molecule has 1 amide bonds. The predicted octanol–water partition coefficient (Wildman–Crippen LogP) is 3.55. The number of benzene rings is 2. The van der Waals surface area contributed by atoms with Crippen LogP contribution in [0.25, 0.3) is 22.5 Å². The number of hydrogen-bond donors (Lipinski definition) is 3. The summed E-state index contributed by atoms with van der Waals surface area (Å²) in [5, 5.41) is 11.0. The summed E-state index contributed by atoms with van der Waals surface area (Å²) in [7, 11) is 0. The number of aromatic nitrogens is 5. The van der Waals surface area contributed by atoms with E-state index in [9.17, 15) is 9.18 Å². The molecule has 2 aromatic carbocycles. The smallest absolute Gasteiger partial charge is 0.249 e. The number of nitrogen functional groups attached to an aromatic ring is 1. The second-order valence-corrected chi connectivity index (χ2v) is 7.40. The first-order chi connectivity index (χ1) is 15.3. The second kappa shape index (κ2) is 8.42. The van der Waals surface area contributed by atoms with Gasteiger partial charge in [0, 0.05) is 28.5 Å². The number of nitrogens with two attached hydrogens (primary N) is 2. The molecule has 0 atom stereocenters. The maximum Gasteiger partial charge on any atom is 0.249 e. The molecule has 162 valence electrons. The van der Waals surface area contributed by atoms with Gasteiger partial charge in [-0.15, -0.1) is 5.10 Å². The fraction of sp³-hybridized carbons (Fsp3) is 0.136. The van der Waals surface area contributed by atoms with E-state index in [0.717, 1.165) is 6.20 Å². The molecule has 0 aliphatic carbocycles. The first kappa shape index (κ1) is 20.9. The summed E-state index contributed by atoms with van der Waals surface area (Å²) in [6, 6.07) is 12.2. The maximum atomic E-state index is 14.4. The fourth-order valence-electron chi connectivity index (χ4n) is 3.18. The number of amides is 1. The van der Waals surface area contributed by atoms with E-state index >= 15 is 0 Å². The summed E-state index contributed by atoms with van der Waals surface area (Å²) in [6.07, 6.45) is 2.69. The molecule has 9 nitrogen and oxygen atoms in total. The Labute approximate surface area is 183 Å². The van der Waals surface area contributed by atoms with Crippen LogP contribution in [0.5, 0.6) is 0 Å². The summed E-state index contributed by atoms with van der Waals surface area (Å²) in [5.74, 6) is -1.05. The molecule has 0 aliphatic rings. The van der Waals surface area contributed by atoms with E-state index < -0.39 is 11.7 Å². The number of hydrogen-bond acceptors (Lipinski definition) is 7. The van der Waals surface area contributed by atoms with E-state index in [1.54, 1.807) is 47.3 Å². The van der Waals surface area contributed by atoms with Crippen LogP contribution in [0.1, 0.15) is 30.2 Å². The molecule has 0 spiro atoms. The van der Waals surface area contributed by atoms with Gasteiger partial charge >= 0.3 is 0 Å². The lowest BCUT2D eigenvalue weighted by Crippen LogP contribution is -2.13. The van der Waals surface area contributed by atoms with Crippen LogP contribution < -0.4 is 16.8 Å². The summed E-state index contributed by atoms with van der Waals surface area (Å²) in [4.78, 5) is 20.2. The molecule has 4 rings (SSSR count). The van der Waals surface area contributed by atoms with Crippen LogP contribution in [0, 0.1) is 5.82 Å². The number of anilines is 3. The van der Waals surface area contributed by atoms with Gasteiger partial charge < -0.3 is 16.8 Å². The summed E-state index contributed by atoms with van der Waals surface area (Å²) in [5.41, 5.74) is 14.6. The summed E-state index contributed by atoms with van der Waals surface area (Å²) in [6.45, 7) is 3.88. The predicted molar refractivity (Wildman–Crippen MR) is 119 cm³/mol. The number of carbonyl (C=O) groups excluding carboxylic acids is 1. The van der Waals surface area contributed by atoms with Crippen molar-refractivity contribution in [3.8, 4) is 22.5 Å². The Bertz CT molecular complexity index is 1300. The highest BCUT2D eigenvalue weighted by atomic mass is 19.1. The van der Waals surface area contributed by atoms with Gasteiger partial charge in [-0.05, 0) is 43.7 Å². The van der Waals surface area contributed by atoms with Crippen molar-refractivity contribution >= 4 is 23.2 Å². The van der Waals surface area contributed by atoms with Crippen LogP contribution in [0.15, 0.2) is 54.9 Å². The highest BCUT2D eigenvalue weighted by Gasteiger charge is 2.16.